The number of hydrogen-bond acceptors (Lipinski definition) is 6. The number of nitrogens with zero attached hydrogens (tertiary/aromatic N) is 2. The molecule has 2 aromatic rings. The quantitative estimate of drug-likeness (QED) is 0.667. The van der Waals surface area contributed by atoms with Gasteiger partial charge in [0.25, 0.3) is 5.56 Å². The molecule has 138 valence electrons. The molecule has 1 atom stereocenters. The van der Waals surface area contributed by atoms with Crippen LogP contribution >= 0.6 is 11.3 Å². The molecule has 7 heteroatoms. The van der Waals surface area contributed by atoms with E-state index in [0.717, 1.165) is 15.3 Å². The van der Waals surface area contributed by atoms with Crippen LogP contribution in [0, 0.1) is 13.8 Å². The lowest BCUT2D eigenvalue weighted by Crippen LogP contribution is -2.36. The van der Waals surface area contributed by atoms with Gasteiger partial charge < -0.3 is 14.8 Å². The van der Waals surface area contributed by atoms with Crippen molar-refractivity contribution in [2.75, 3.05) is 19.7 Å². The van der Waals surface area contributed by atoms with E-state index < -0.39 is 6.10 Å². The van der Waals surface area contributed by atoms with E-state index in [0.29, 0.717) is 30.8 Å². The van der Waals surface area contributed by atoms with Crippen LogP contribution in [0.25, 0.3) is 10.2 Å². The van der Waals surface area contributed by atoms with Crippen molar-refractivity contribution in [1.82, 2.24) is 14.9 Å². The zero-order valence-corrected chi connectivity index (χ0v) is 16.2. The summed E-state index contributed by atoms with van der Waals surface area (Å²) in [6, 6.07) is 0. The van der Waals surface area contributed by atoms with Crippen molar-refractivity contribution in [2.45, 2.75) is 46.4 Å². The summed E-state index contributed by atoms with van der Waals surface area (Å²) in [7, 11) is 0. The van der Waals surface area contributed by atoms with Crippen LogP contribution in [0.3, 0.4) is 0 Å². The van der Waals surface area contributed by atoms with Gasteiger partial charge >= 0.3 is 0 Å². The molecule has 0 amide bonds. The first-order valence-electron chi connectivity index (χ1n) is 8.43. The first-order chi connectivity index (χ1) is 11.8. The van der Waals surface area contributed by atoms with Gasteiger partial charge in [-0.05, 0) is 33.3 Å². The van der Waals surface area contributed by atoms with Crippen molar-refractivity contribution in [3.8, 4) is 0 Å². The number of fused-ring (bicyclic) bond motifs is 1. The molecule has 2 N–H and O–H groups in total. The molecule has 6 nitrogen and oxygen atoms in total. The summed E-state index contributed by atoms with van der Waals surface area (Å²) < 4.78 is 5.45. The van der Waals surface area contributed by atoms with Gasteiger partial charge in [0.05, 0.1) is 30.7 Å². The lowest BCUT2D eigenvalue weighted by atomic mass is 10.2. The number of aryl methyl sites for hydroxylation is 2. The van der Waals surface area contributed by atoms with Crippen LogP contribution in [-0.4, -0.2) is 51.9 Å². The zero-order valence-electron chi connectivity index (χ0n) is 15.3. The average molecular weight is 365 g/mol. The third-order valence-electron chi connectivity index (χ3n) is 3.94. The number of ether oxygens (including phenoxy) is 1. The number of thiophene rings is 1. The molecule has 0 radical (unpaired) electrons. The third kappa shape index (κ3) is 5.22. The van der Waals surface area contributed by atoms with E-state index in [1.165, 1.54) is 11.3 Å². The van der Waals surface area contributed by atoms with Gasteiger partial charge in [0.15, 0.2) is 0 Å². The van der Waals surface area contributed by atoms with Gasteiger partial charge in [0.2, 0.25) is 0 Å². The molecule has 0 aliphatic carbocycles. The van der Waals surface area contributed by atoms with Crippen LogP contribution in [-0.2, 0) is 11.3 Å². The fourth-order valence-corrected chi connectivity index (χ4v) is 3.68. The van der Waals surface area contributed by atoms with Gasteiger partial charge in [-0.1, -0.05) is 6.08 Å². The van der Waals surface area contributed by atoms with Crippen molar-refractivity contribution in [3.63, 3.8) is 0 Å². The van der Waals surface area contributed by atoms with Crippen molar-refractivity contribution >= 4 is 21.6 Å². The second-order valence-electron chi connectivity index (χ2n) is 6.49. The number of aliphatic hydroxyl groups excluding tert-OH is 1. The largest absolute Gasteiger partial charge is 0.389 e. The van der Waals surface area contributed by atoms with E-state index >= 15 is 0 Å². The zero-order chi connectivity index (χ0) is 18.6. The van der Waals surface area contributed by atoms with Crippen molar-refractivity contribution < 1.29 is 9.84 Å². The fraction of sp³-hybridized carbons (Fsp3) is 0.556. The Kier molecular flexibility index (Phi) is 6.89. The van der Waals surface area contributed by atoms with Gasteiger partial charge in [-0.15, -0.1) is 17.9 Å². The SMILES string of the molecule is C=CCN(Cc1nc2sc(C)c(C)c2c(=O)[nH]1)CC(O)COC(C)C. The molecule has 25 heavy (non-hydrogen) atoms. The minimum absolute atomic E-state index is 0.0771. The monoisotopic (exact) mass is 365 g/mol. The smallest absolute Gasteiger partial charge is 0.259 e. The van der Waals surface area contributed by atoms with Crippen LogP contribution in [0.4, 0.5) is 0 Å². The Morgan fingerprint density at radius 2 is 2.16 bits per heavy atom. The highest BCUT2D eigenvalue weighted by Crippen LogP contribution is 2.25. The highest BCUT2D eigenvalue weighted by Gasteiger charge is 2.16. The molecule has 0 saturated heterocycles. The van der Waals surface area contributed by atoms with E-state index in [1.54, 1.807) is 6.08 Å². The maximum atomic E-state index is 12.4. The molecule has 0 spiro atoms. The Hall–Kier alpha value is -1.54. The molecular weight excluding hydrogens is 338 g/mol. The maximum absolute atomic E-state index is 12.4. The number of rotatable bonds is 9. The molecule has 0 aromatic carbocycles. The van der Waals surface area contributed by atoms with E-state index in [4.69, 9.17) is 4.74 Å². The van der Waals surface area contributed by atoms with E-state index in [-0.39, 0.29) is 18.3 Å². The third-order valence-corrected chi connectivity index (χ3v) is 5.04. The first-order valence-corrected chi connectivity index (χ1v) is 9.25. The lowest BCUT2D eigenvalue weighted by molar-refractivity contribution is -0.00834. The number of aromatic amines is 1. The number of aromatic nitrogens is 2. The Labute approximate surface area is 152 Å². The lowest BCUT2D eigenvalue weighted by Gasteiger charge is -2.23. The van der Waals surface area contributed by atoms with Crippen LogP contribution in [0.2, 0.25) is 0 Å². The Bertz CT molecular complexity index is 782. The van der Waals surface area contributed by atoms with Crippen LogP contribution < -0.4 is 5.56 Å². The second-order valence-corrected chi connectivity index (χ2v) is 7.70. The van der Waals surface area contributed by atoms with Crippen molar-refractivity contribution in [2.24, 2.45) is 0 Å². The van der Waals surface area contributed by atoms with E-state index in [1.807, 2.05) is 32.6 Å². The summed E-state index contributed by atoms with van der Waals surface area (Å²) in [5.74, 6) is 0.595. The molecule has 2 aromatic heterocycles. The normalized spacial score (nSPS) is 13.1. The standard InChI is InChI=1S/C18H27N3O3S/c1-6-7-21(8-14(22)10-24-11(2)3)9-15-19-17(23)16-12(4)13(5)25-18(16)20-15/h6,11,14,22H,1,7-10H2,2-5H3,(H,19,20,23). The van der Waals surface area contributed by atoms with Gasteiger partial charge in [-0.2, -0.15) is 0 Å². The van der Waals surface area contributed by atoms with Gasteiger partial charge in [0.1, 0.15) is 10.7 Å². The minimum atomic E-state index is -0.607. The second kappa shape index (κ2) is 8.71. The number of aliphatic hydroxyl groups is 1. The summed E-state index contributed by atoms with van der Waals surface area (Å²) in [6.07, 6.45) is 1.24. The molecule has 0 aliphatic rings. The molecule has 0 saturated carbocycles. The first kappa shape index (κ1) is 19.8. The predicted molar refractivity (Wildman–Crippen MR) is 102 cm³/mol. The molecule has 0 bridgehead atoms. The maximum Gasteiger partial charge on any atom is 0.259 e. The van der Waals surface area contributed by atoms with Crippen molar-refractivity contribution in [1.29, 1.82) is 0 Å². The summed E-state index contributed by atoms with van der Waals surface area (Å²) in [4.78, 5) is 23.7. The highest BCUT2D eigenvalue weighted by atomic mass is 32.1. The van der Waals surface area contributed by atoms with Gasteiger partial charge in [-0.25, -0.2) is 4.98 Å². The molecule has 2 rings (SSSR count). The Morgan fingerprint density at radius 3 is 2.80 bits per heavy atom. The van der Waals surface area contributed by atoms with Gasteiger partial charge in [0, 0.05) is 18.0 Å². The topological polar surface area (TPSA) is 78.5 Å². The molecular formula is C18H27N3O3S. The highest BCUT2D eigenvalue weighted by molar-refractivity contribution is 7.18. The van der Waals surface area contributed by atoms with Crippen LogP contribution in [0.1, 0.15) is 30.1 Å². The van der Waals surface area contributed by atoms with Crippen LogP contribution in [0.5, 0.6) is 0 Å². The van der Waals surface area contributed by atoms with Crippen LogP contribution in [0.15, 0.2) is 17.4 Å². The van der Waals surface area contributed by atoms with E-state index in [9.17, 15) is 9.90 Å². The summed E-state index contributed by atoms with van der Waals surface area (Å²) in [6.45, 7) is 13.3. The average Bonchev–Trinajstić information content (AvgIpc) is 2.80. The number of H-pyrrole nitrogens is 1. The number of hydrogen-bond donors (Lipinski definition) is 2. The Morgan fingerprint density at radius 1 is 1.44 bits per heavy atom. The van der Waals surface area contributed by atoms with Gasteiger partial charge in [-0.3, -0.25) is 9.69 Å². The van der Waals surface area contributed by atoms with Crippen molar-refractivity contribution in [3.05, 3.63) is 39.3 Å². The molecule has 2 heterocycles. The van der Waals surface area contributed by atoms with E-state index in [2.05, 4.69) is 16.5 Å². The fourth-order valence-electron chi connectivity index (χ4n) is 2.63. The summed E-state index contributed by atoms with van der Waals surface area (Å²) in [5.41, 5.74) is 0.883. The molecule has 0 fully saturated rings. The predicted octanol–water partition coefficient (Wildman–Crippen LogP) is 2.38. The summed E-state index contributed by atoms with van der Waals surface area (Å²) in [5, 5.41) is 10.8. The molecule has 0 aliphatic heterocycles. The molecule has 1 unspecified atom stereocenters. The summed E-state index contributed by atoms with van der Waals surface area (Å²) >= 11 is 1.53. The number of nitrogens with one attached hydrogen (secondary N) is 1. The Balaban J connectivity index is 2.14. The minimum Gasteiger partial charge on any atom is -0.389 e.